The Balaban J connectivity index is 0.00000117. The fourth-order valence-corrected chi connectivity index (χ4v) is 4.10. The van der Waals surface area contributed by atoms with Crippen molar-refractivity contribution in [2.24, 2.45) is 5.10 Å². The molecule has 150 valence electrons. The number of thioether (sulfide) groups is 1. The smallest absolute Gasteiger partial charge is 0.255 e. The lowest BCUT2D eigenvalue weighted by Gasteiger charge is -2.31. The zero-order valence-electron chi connectivity index (χ0n) is 16.4. The number of carbonyl (C=O) groups excluding carboxylic acids is 1. The predicted octanol–water partition coefficient (Wildman–Crippen LogP) is 5.59. The molecule has 2 aliphatic heterocycles. The van der Waals surface area contributed by atoms with Crippen LogP contribution in [0.15, 0.2) is 70.3 Å². The zero-order chi connectivity index (χ0) is 21.0. The van der Waals surface area contributed by atoms with Crippen molar-refractivity contribution in [3.63, 3.8) is 0 Å². The van der Waals surface area contributed by atoms with Gasteiger partial charge in [0.15, 0.2) is 0 Å². The molecule has 1 N–H and O–H groups in total. The first kappa shape index (κ1) is 21.1. The molecular formula is C22H21ClFN3OS. The molecular weight excluding hydrogens is 409 g/mol. The molecule has 2 heterocycles. The SMILES string of the molecule is CC.Cc1cccc(Cl)c1C1=C2C=CC(Sc3ccc(F)cc3)=NN2CNC1=O. The van der Waals surface area contributed by atoms with Crippen LogP contribution in [0.3, 0.4) is 0 Å². The lowest BCUT2D eigenvalue weighted by Crippen LogP contribution is -2.42. The summed E-state index contributed by atoms with van der Waals surface area (Å²) in [6.45, 7) is 6.20. The van der Waals surface area contributed by atoms with E-state index in [1.54, 1.807) is 23.2 Å². The summed E-state index contributed by atoms with van der Waals surface area (Å²) >= 11 is 7.81. The molecule has 0 fully saturated rings. The molecule has 7 heteroatoms. The zero-order valence-corrected chi connectivity index (χ0v) is 17.9. The predicted molar refractivity (Wildman–Crippen MR) is 118 cm³/mol. The van der Waals surface area contributed by atoms with Gasteiger partial charge in [0.1, 0.15) is 17.5 Å². The molecule has 0 saturated heterocycles. The van der Waals surface area contributed by atoms with Crippen molar-refractivity contribution in [1.29, 1.82) is 0 Å². The minimum absolute atomic E-state index is 0.174. The molecule has 0 atom stereocenters. The summed E-state index contributed by atoms with van der Waals surface area (Å²) in [7, 11) is 0. The third-order valence-corrected chi connectivity index (χ3v) is 5.51. The number of carbonyl (C=O) groups is 1. The van der Waals surface area contributed by atoms with Gasteiger partial charge in [0.2, 0.25) is 0 Å². The van der Waals surface area contributed by atoms with E-state index in [1.165, 1.54) is 23.9 Å². The van der Waals surface area contributed by atoms with E-state index in [1.807, 2.05) is 45.1 Å². The van der Waals surface area contributed by atoms with Crippen LogP contribution < -0.4 is 5.32 Å². The van der Waals surface area contributed by atoms with Gasteiger partial charge in [-0.25, -0.2) is 9.40 Å². The van der Waals surface area contributed by atoms with Crippen LogP contribution in [0, 0.1) is 12.7 Å². The van der Waals surface area contributed by atoms with Gasteiger partial charge in [-0.15, -0.1) is 0 Å². The lowest BCUT2D eigenvalue weighted by atomic mass is 9.96. The molecule has 1 amide bonds. The Morgan fingerprint density at radius 2 is 1.86 bits per heavy atom. The van der Waals surface area contributed by atoms with Gasteiger partial charge in [-0.2, -0.15) is 5.10 Å². The Labute approximate surface area is 179 Å². The van der Waals surface area contributed by atoms with Crippen molar-refractivity contribution in [2.45, 2.75) is 25.7 Å². The normalized spacial score (nSPS) is 15.3. The van der Waals surface area contributed by atoms with Crippen LogP contribution in [-0.2, 0) is 4.79 Å². The first-order valence-corrected chi connectivity index (χ1v) is 10.5. The van der Waals surface area contributed by atoms with Gasteiger partial charge in [0.05, 0.1) is 11.3 Å². The second-order valence-electron chi connectivity index (χ2n) is 6.08. The summed E-state index contributed by atoms with van der Waals surface area (Å²) in [6.07, 6.45) is 3.72. The van der Waals surface area contributed by atoms with Gasteiger partial charge in [-0.05, 0) is 55.0 Å². The van der Waals surface area contributed by atoms with Crippen LogP contribution in [0.25, 0.3) is 5.57 Å². The van der Waals surface area contributed by atoms with Crippen LogP contribution in [0.4, 0.5) is 4.39 Å². The van der Waals surface area contributed by atoms with Crippen LogP contribution in [-0.4, -0.2) is 22.6 Å². The number of amides is 1. The number of hydrogen-bond acceptors (Lipinski definition) is 4. The van der Waals surface area contributed by atoms with Gasteiger partial charge in [0.25, 0.3) is 5.91 Å². The largest absolute Gasteiger partial charge is 0.333 e. The van der Waals surface area contributed by atoms with E-state index >= 15 is 0 Å². The summed E-state index contributed by atoms with van der Waals surface area (Å²) in [4.78, 5) is 13.5. The monoisotopic (exact) mass is 429 g/mol. The molecule has 2 aromatic carbocycles. The number of nitrogens with zero attached hydrogens (tertiary/aromatic N) is 2. The van der Waals surface area contributed by atoms with E-state index in [0.29, 0.717) is 21.9 Å². The van der Waals surface area contributed by atoms with E-state index in [-0.39, 0.29) is 18.4 Å². The maximum atomic E-state index is 13.1. The Hall–Kier alpha value is -2.57. The highest BCUT2D eigenvalue weighted by Crippen LogP contribution is 2.35. The summed E-state index contributed by atoms with van der Waals surface area (Å²) in [5.74, 6) is -0.448. The molecule has 0 aromatic heterocycles. The second-order valence-corrected chi connectivity index (χ2v) is 7.58. The quantitative estimate of drug-likeness (QED) is 0.676. The Morgan fingerprint density at radius 1 is 1.14 bits per heavy atom. The van der Waals surface area contributed by atoms with E-state index in [9.17, 15) is 9.18 Å². The van der Waals surface area contributed by atoms with E-state index in [2.05, 4.69) is 10.4 Å². The van der Waals surface area contributed by atoms with Crippen molar-refractivity contribution in [3.8, 4) is 0 Å². The molecule has 0 unspecified atom stereocenters. The Morgan fingerprint density at radius 3 is 2.55 bits per heavy atom. The topological polar surface area (TPSA) is 44.7 Å². The maximum absolute atomic E-state index is 13.1. The fourth-order valence-electron chi connectivity index (χ4n) is 2.99. The number of aryl methyl sites for hydroxylation is 1. The van der Waals surface area contributed by atoms with Gasteiger partial charge < -0.3 is 5.32 Å². The van der Waals surface area contributed by atoms with Crippen molar-refractivity contribution < 1.29 is 9.18 Å². The Bertz CT molecular complexity index is 995. The minimum atomic E-state index is -0.274. The molecule has 29 heavy (non-hydrogen) atoms. The summed E-state index contributed by atoms with van der Waals surface area (Å²) in [6, 6.07) is 11.8. The average Bonchev–Trinajstić information content (AvgIpc) is 2.72. The molecule has 2 aromatic rings. The molecule has 4 rings (SSSR count). The average molecular weight is 430 g/mol. The molecule has 4 nitrogen and oxygen atoms in total. The molecule has 0 radical (unpaired) electrons. The molecule has 0 aliphatic carbocycles. The number of hydrogen-bond donors (Lipinski definition) is 1. The highest BCUT2D eigenvalue weighted by atomic mass is 35.5. The molecule has 2 aliphatic rings. The molecule has 0 bridgehead atoms. The Kier molecular flexibility index (Phi) is 6.77. The lowest BCUT2D eigenvalue weighted by molar-refractivity contribution is -0.116. The first-order valence-electron chi connectivity index (χ1n) is 9.28. The second kappa shape index (κ2) is 9.29. The number of halogens is 2. The standard InChI is InChI=1S/C20H15ClFN3OS.C2H6/c1-12-3-2-4-15(21)18(12)19-16-9-10-17(24-25(16)11-23-20(19)26)27-14-7-5-13(22)6-8-14;1-2/h2-10H,11H2,1H3,(H,23,26);1-2H3. The van der Waals surface area contributed by atoms with Crippen molar-refractivity contribution in [3.05, 3.63) is 82.3 Å². The number of rotatable bonds is 2. The van der Waals surface area contributed by atoms with Crippen LogP contribution >= 0.6 is 23.4 Å². The van der Waals surface area contributed by atoms with E-state index < -0.39 is 0 Å². The van der Waals surface area contributed by atoms with Gasteiger partial charge in [0, 0.05) is 15.5 Å². The van der Waals surface area contributed by atoms with Crippen LogP contribution in [0.5, 0.6) is 0 Å². The first-order chi connectivity index (χ1) is 14.0. The summed E-state index contributed by atoms with van der Waals surface area (Å²) in [5.41, 5.74) is 2.85. The maximum Gasteiger partial charge on any atom is 0.255 e. The van der Waals surface area contributed by atoms with Crippen molar-refractivity contribution in [1.82, 2.24) is 10.3 Å². The summed E-state index contributed by atoms with van der Waals surface area (Å²) < 4.78 is 13.1. The molecule has 0 spiro atoms. The van der Waals surface area contributed by atoms with E-state index in [4.69, 9.17) is 11.6 Å². The van der Waals surface area contributed by atoms with Crippen molar-refractivity contribution in [2.75, 3.05) is 6.67 Å². The third kappa shape index (κ3) is 4.54. The number of benzene rings is 2. The van der Waals surface area contributed by atoms with E-state index in [0.717, 1.165) is 15.5 Å². The van der Waals surface area contributed by atoms with Crippen LogP contribution in [0.1, 0.15) is 25.0 Å². The molecule has 0 saturated carbocycles. The summed E-state index contributed by atoms with van der Waals surface area (Å²) in [5, 5.41) is 10.5. The van der Waals surface area contributed by atoms with Gasteiger partial charge in [-0.1, -0.05) is 49.3 Å². The highest BCUT2D eigenvalue weighted by molar-refractivity contribution is 8.14. The minimum Gasteiger partial charge on any atom is -0.333 e. The fraction of sp³-hybridized carbons (Fsp3) is 0.182. The number of allylic oxidation sites excluding steroid dienone is 1. The number of nitrogens with one attached hydrogen (secondary N) is 1. The van der Waals surface area contributed by atoms with Crippen LogP contribution in [0.2, 0.25) is 5.02 Å². The number of fused-ring (bicyclic) bond motifs is 1. The van der Waals surface area contributed by atoms with Crippen molar-refractivity contribution >= 4 is 39.9 Å². The number of hydrazone groups is 1. The van der Waals surface area contributed by atoms with Gasteiger partial charge in [-0.3, -0.25) is 4.79 Å². The third-order valence-electron chi connectivity index (χ3n) is 4.26. The highest BCUT2D eigenvalue weighted by Gasteiger charge is 2.29. The van der Waals surface area contributed by atoms with Gasteiger partial charge >= 0.3 is 0 Å².